The lowest BCUT2D eigenvalue weighted by Gasteiger charge is -2.26. The first-order valence-electron chi connectivity index (χ1n) is 7.34. The van der Waals surface area contributed by atoms with Crippen LogP contribution < -0.4 is 5.73 Å². The van der Waals surface area contributed by atoms with Crippen molar-refractivity contribution in [3.8, 4) is 0 Å². The third-order valence-electron chi connectivity index (χ3n) is 4.03. The van der Waals surface area contributed by atoms with Crippen molar-refractivity contribution in [1.82, 2.24) is 0 Å². The summed E-state index contributed by atoms with van der Waals surface area (Å²) < 4.78 is 0. The first kappa shape index (κ1) is 15.2. The predicted molar refractivity (Wildman–Crippen MR) is 80.9 cm³/mol. The zero-order valence-corrected chi connectivity index (χ0v) is 12.7. The molecule has 0 heterocycles. The lowest BCUT2D eigenvalue weighted by molar-refractivity contribution is 0.376. The molecule has 1 rings (SSSR count). The molecule has 2 atom stereocenters. The SMILES string of the molecule is CCCCC(CC)C(N)c1c(C)cc(C)cc1C. The monoisotopic (exact) mass is 247 g/mol. The molecule has 0 aliphatic rings. The van der Waals surface area contributed by atoms with Crippen LogP contribution in [0.25, 0.3) is 0 Å². The Balaban J connectivity index is 2.97. The Bertz CT molecular complexity index is 358. The number of hydrogen-bond donors (Lipinski definition) is 1. The molecule has 0 bridgehead atoms. The van der Waals surface area contributed by atoms with Gasteiger partial charge in [-0.3, -0.25) is 0 Å². The highest BCUT2D eigenvalue weighted by Gasteiger charge is 2.20. The van der Waals surface area contributed by atoms with Gasteiger partial charge in [-0.05, 0) is 49.8 Å². The minimum atomic E-state index is 0.196. The van der Waals surface area contributed by atoms with Gasteiger partial charge in [0.05, 0.1) is 0 Å². The van der Waals surface area contributed by atoms with Gasteiger partial charge in [-0.15, -0.1) is 0 Å². The van der Waals surface area contributed by atoms with Crippen LogP contribution in [0.2, 0.25) is 0 Å². The standard InChI is InChI=1S/C17H29N/c1-6-8-9-15(7-2)17(18)16-13(4)10-12(3)11-14(16)5/h10-11,15,17H,6-9,18H2,1-5H3. The van der Waals surface area contributed by atoms with E-state index < -0.39 is 0 Å². The van der Waals surface area contributed by atoms with E-state index in [2.05, 4.69) is 46.8 Å². The number of nitrogens with two attached hydrogens (primary N) is 1. The molecular weight excluding hydrogens is 218 g/mol. The van der Waals surface area contributed by atoms with Gasteiger partial charge in [0, 0.05) is 6.04 Å². The van der Waals surface area contributed by atoms with Crippen molar-refractivity contribution in [3.05, 3.63) is 34.4 Å². The molecule has 0 fully saturated rings. The summed E-state index contributed by atoms with van der Waals surface area (Å²) in [5, 5.41) is 0. The van der Waals surface area contributed by atoms with E-state index in [9.17, 15) is 0 Å². The summed E-state index contributed by atoms with van der Waals surface area (Å²) >= 11 is 0. The van der Waals surface area contributed by atoms with Gasteiger partial charge in [0.25, 0.3) is 0 Å². The van der Waals surface area contributed by atoms with Crippen molar-refractivity contribution in [2.24, 2.45) is 11.7 Å². The van der Waals surface area contributed by atoms with Crippen molar-refractivity contribution >= 4 is 0 Å². The number of aryl methyl sites for hydroxylation is 3. The van der Waals surface area contributed by atoms with E-state index in [-0.39, 0.29) is 6.04 Å². The van der Waals surface area contributed by atoms with Gasteiger partial charge >= 0.3 is 0 Å². The fraction of sp³-hybridized carbons (Fsp3) is 0.647. The second-order valence-electron chi connectivity index (χ2n) is 5.65. The molecule has 0 aromatic heterocycles. The minimum absolute atomic E-state index is 0.196. The Morgan fingerprint density at radius 1 is 1.06 bits per heavy atom. The van der Waals surface area contributed by atoms with Crippen LogP contribution in [0.4, 0.5) is 0 Å². The zero-order chi connectivity index (χ0) is 13.7. The van der Waals surface area contributed by atoms with Crippen LogP contribution in [-0.2, 0) is 0 Å². The molecule has 102 valence electrons. The van der Waals surface area contributed by atoms with Gasteiger partial charge in [-0.1, -0.05) is 50.8 Å². The number of rotatable bonds is 6. The van der Waals surface area contributed by atoms with Gasteiger partial charge in [0.15, 0.2) is 0 Å². The van der Waals surface area contributed by atoms with Crippen LogP contribution >= 0.6 is 0 Å². The quantitative estimate of drug-likeness (QED) is 0.765. The molecule has 0 saturated carbocycles. The molecule has 18 heavy (non-hydrogen) atoms. The highest BCUT2D eigenvalue weighted by Crippen LogP contribution is 2.31. The van der Waals surface area contributed by atoms with E-state index in [0.29, 0.717) is 5.92 Å². The van der Waals surface area contributed by atoms with Crippen LogP contribution in [0, 0.1) is 26.7 Å². The largest absolute Gasteiger partial charge is 0.324 e. The number of benzene rings is 1. The van der Waals surface area contributed by atoms with E-state index in [0.717, 1.165) is 0 Å². The van der Waals surface area contributed by atoms with Gasteiger partial charge in [0.1, 0.15) is 0 Å². The van der Waals surface area contributed by atoms with E-state index in [1.54, 1.807) is 0 Å². The normalized spacial score (nSPS) is 14.6. The molecule has 2 unspecified atom stereocenters. The Morgan fingerprint density at radius 3 is 2.06 bits per heavy atom. The van der Waals surface area contributed by atoms with Crippen LogP contribution in [0.1, 0.15) is 67.8 Å². The predicted octanol–water partition coefficient (Wildman–Crippen LogP) is 4.83. The summed E-state index contributed by atoms with van der Waals surface area (Å²) in [4.78, 5) is 0. The van der Waals surface area contributed by atoms with Gasteiger partial charge < -0.3 is 5.73 Å². The third-order valence-corrected chi connectivity index (χ3v) is 4.03. The van der Waals surface area contributed by atoms with Gasteiger partial charge in [0.2, 0.25) is 0 Å². The summed E-state index contributed by atoms with van der Waals surface area (Å²) in [6.45, 7) is 11.1. The molecular formula is C17H29N. The van der Waals surface area contributed by atoms with Crippen LogP contribution in [0.5, 0.6) is 0 Å². The Kier molecular flexibility index (Phi) is 5.87. The molecule has 0 radical (unpaired) electrons. The van der Waals surface area contributed by atoms with Crippen molar-refractivity contribution in [1.29, 1.82) is 0 Å². The topological polar surface area (TPSA) is 26.0 Å². The molecule has 1 nitrogen and oxygen atoms in total. The fourth-order valence-corrected chi connectivity index (χ4v) is 3.06. The molecule has 1 aromatic carbocycles. The summed E-state index contributed by atoms with van der Waals surface area (Å²) in [6.07, 6.45) is 4.97. The first-order valence-corrected chi connectivity index (χ1v) is 7.34. The Labute approximate surface area is 113 Å². The third kappa shape index (κ3) is 3.58. The fourth-order valence-electron chi connectivity index (χ4n) is 3.06. The minimum Gasteiger partial charge on any atom is -0.324 e. The van der Waals surface area contributed by atoms with Gasteiger partial charge in [-0.25, -0.2) is 0 Å². The highest BCUT2D eigenvalue weighted by atomic mass is 14.7. The van der Waals surface area contributed by atoms with Gasteiger partial charge in [-0.2, -0.15) is 0 Å². The molecule has 0 saturated heterocycles. The molecule has 1 heteroatoms. The summed E-state index contributed by atoms with van der Waals surface area (Å²) in [6, 6.07) is 4.71. The molecule has 0 aliphatic heterocycles. The van der Waals surface area contributed by atoms with E-state index in [4.69, 9.17) is 5.73 Å². The highest BCUT2D eigenvalue weighted by molar-refractivity contribution is 5.39. The molecule has 0 aliphatic carbocycles. The van der Waals surface area contributed by atoms with Crippen molar-refractivity contribution < 1.29 is 0 Å². The summed E-state index contributed by atoms with van der Waals surface area (Å²) in [7, 11) is 0. The van der Waals surface area contributed by atoms with Crippen molar-refractivity contribution in [3.63, 3.8) is 0 Å². The van der Waals surface area contributed by atoms with Crippen molar-refractivity contribution in [2.75, 3.05) is 0 Å². The number of unbranched alkanes of at least 4 members (excludes halogenated alkanes) is 1. The van der Waals surface area contributed by atoms with E-state index >= 15 is 0 Å². The maximum absolute atomic E-state index is 6.54. The average molecular weight is 247 g/mol. The molecule has 0 spiro atoms. The Hall–Kier alpha value is -0.820. The lowest BCUT2D eigenvalue weighted by atomic mass is 9.83. The average Bonchev–Trinajstić information content (AvgIpc) is 2.28. The van der Waals surface area contributed by atoms with E-state index in [1.807, 2.05) is 0 Å². The summed E-state index contributed by atoms with van der Waals surface area (Å²) in [5.41, 5.74) is 12.0. The smallest absolute Gasteiger partial charge is 0.0328 e. The number of hydrogen-bond acceptors (Lipinski definition) is 1. The first-order chi connectivity index (χ1) is 8.51. The van der Waals surface area contributed by atoms with Crippen molar-refractivity contribution in [2.45, 2.75) is 66.3 Å². The Morgan fingerprint density at radius 2 is 1.61 bits per heavy atom. The molecule has 0 amide bonds. The second-order valence-corrected chi connectivity index (χ2v) is 5.65. The molecule has 1 aromatic rings. The summed E-state index contributed by atoms with van der Waals surface area (Å²) in [5.74, 6) is 0.616. The zero-order valence-electron chi connectivity index (χ0n) is 12.7. The lowest BCUT2D eigenvalue weighted by Crippen LogP contribution is -2.23. The van der Waals surface area contributed by atoms with Crippen LogP contribution in [0.15, 0.2) is 12.1 Å². The van der Waals surface area contributed by atoms with Crippen LogP contribution in [-0.4, -0.2) is 0 Å². The maximum Gasteiger partial charge on any atom is 0.0328 e. The second kappa shape index (κ2) is 6.94. The van der Waals surface area contributed by atoms with E-state index in [1.165, 1.54) is 47.9 Å². The van der Waals surface area contributed by atoms with Crippen LogP contribution in [0.3, 0.4) is 0 Å². The maximum atomic E-state index is 6.54. The molecule has 2 N–H and O–H groups in total.